The molecule has 0 heterocycles. The van der Waals surface area contributed by atoms with Gasteiger partial charge < -0.3 is 5.11 Å². The van der Waals surface area contributed by atoms with Crippen molar-refractivity contribution < 1.29 is 9.90 Å². The zero-order chi connectivity index (χ0) is 17.5. The van der Waals surface area contributed by atoms with Gasteiger partial charge in [0.2, 0.25) is 0 Å². The maximum absolute atomic E-state index is 13.0. The molecular weight excluding hydrogens is 296 g/mol. The molecule has 0 saturated heterocycles. The molecule has 1 N–H and O–H groups in total. The van der Waals surface area contributed by atoms with Gasteiger partial charge in [-0.05, 0) is 41.6 Å². The van der Waals surface area contributed by atoms with Gasteiger partial charge in [-0.3, -0.25) is 4.79 Å². The number of carbonyl (C=O) groups is 1. The Bertz CT molecular complexity index is 631. The first kappa shape index (κ1) is 17.4. The number of aliphatic hydroxyl groups is 1. The van der Waals surface area contributed by atoms with Gasteiger partial charge in [-0.2, -0.15) is 0 Å². The van der Waals surface area contributed by atoms with Crippen LogP contribution in [0.5, 0.6) is 0 Å². The molecule has 130 valence electrons. The molecule has 2 aliphatic carbocycles. The molecule has 0 bridgehead atoms. The van der Waals surface area contributed by atoms with Gasteiger partial charge in [-0.1, -0.05) is 70.2 Å². The summed E-state index contributed by atoms with van der Waals surface area (Å²) in [5, 5.41) is 11.0. The summed E-state index contributed by atoms with van der Waals surface area (Å²) in [5.74, 6) is 1.20. The molecule has 5 atom stereocenters. The summed E-state index contributed by atoms with van der Waals surface area (Å²) in [6.45, 7) is 8.66. The minimum atomic E-state index is -0.764. The summed E-state index contributed by atoms with van der Waals surface area (Å²) in [5.41, 5.74) is 0.254. The highest BCUT2D eigenvalue weighted by Crippen LogP contribution is 2.53. The minimum absolute atomic E-state index is 0.0357. The number of Topliss-reactive ketones (excluding diaryl/α,β-unsaturated/α-hetero) is 1. The van der Waals surface area contributed by atoms with E-state index < -0.39 is 5.60 Å². The highest BCUT2D eigenvalue weighted by molar-refractivity contribution is 5.83. The number of rotatable bonds is 4. The third-order valence-electron chi connectivity index (χ3n) is 6.57. The summed E-state index contributed by atoms with van der Waals surface area (Å²) < 4.78 is 0. The van der Waals surface area contributed by atoms with Crippen LogP contribution in [0, 0.1) is 29.1 Å². The number of carbonyl (C=O) groups excluding carboxylic acids is 1. The van der Waals surface area contributed by atoms with Crippen LogP contribution < -0.4 is 0 Å². The second kappa shape index (κ2) is 6.15. The number of hydrogen-bond donors (Lipinski definition) is 1. The van der Waals surface area contributed by atoms with Crippen molar-refractivity contribution in [2.24, 2.45) is 29.1 Å². The van der Waals surface area contributed by atoms with Crippen LogP contribution in [0.3, 0.4) is 0 Å². The first-order valence-electron chi connectivity index (χ1n) is 9.23. The van der Waals surface area contributed by atoms with Gasteiger partial charge in [0.15, 0.2) is 0 Å². The van der Waals surface area contributed by atoms with Crippen molar-refractivity contribution in [1.82, 2.24) is 0 Å². The summed E-state index contributed by atoms with van der Waals surface area (Å²) in [6, 6.07) is 9.89. The first-order valence-corrected chi connectivity index (χ1v) is 9.23. The standard InChI is InChI=1S/C22H30O2/c1-15-9-8-12-21(3,4)20(15)19(23)13-17-14-22(24,16(17)2)18-10-6-5-7-11-18/h5-11,15-17,20,24H,12-14H2,1-4H3/t15?,16-,17+,20?,22?/m1/s1. The Kier molecular flexibility index (Phi) is 4.46. The fourth-order valence-electron chi connectivity index (χ4n) is 5.00. The summed E-state index contributed by atoms with van der Waals surface area (Å²) >= 11 is 0. The quantitative estimate of drug-likeness (QED) is 0.812. The monoisotopic (exact) mass is 326 g/mol. The van der Waals surface area contributed by atoms with Crippen molar-refractivity contribution in [2.75, 3.05) is 0 Å². The van der Waals surface area contributed by atoms with Crippen molar-refractivity contribution >= 4 is 5.78 Å². The average Bonchev–Trinajstić information content (AvgIpc) is 2.53. The Morgan fingerprint density at radius 2 is 1.88 bits per heavy atom. The van der Waals surface area contributed by atoms with Crippen molar-refractivity contribution in [3.63, 3.8) is 0 Å². The lowest BCUT2D eigenvalue weighted by Crippen LogP contribution is -2.51. The van der Waals surface area contributed by atoms with Gasteiger partial charge in [0.25, 0.3) is 0 Å². The topological polar surface area (TPSA) is 37.3 Å². The van der Waals surface area contributed by atoms with E-state index in [0.717, 1.165) is 12.0 Å². The molecule has 0 spiro atoms. The molecular formula is C22H30O2. The van der Waals surface area contributed by atoms with E-state index in [0.29, 0.717) is 24.5 Å². The Morgan fingerprint density at radius 3 is 2.46 bits per heavy atom. The van der Waals surface area contributed by atoms with Crippen LogP contribution in [0.2, 0.25) is 0 Å². The van der Waals surface area contributed by atoms with Crippen LogP contribution in [0.25, 0.3) is 0 Å². The Labute approximate surface area is 146 Å². The maximum atomic E-state index is 13.0. The van der Waals surface area contributed by atoms with E-state index in [1.807, 2.05) is 30.3 Å². The van der Waals surface area contributed by atoms with E-state index in [-0.39, 0.29) is 23.2 Å². The third-order valence-corrected chi connectivity index (χ3v) is 6.57. The smallest absolute Gasteiger partial charge is 0.137 e. The van der Waals surface area contributed by atoms with Crippen molar-refractivity contribution in [3.8, 4) is 0 Å². The molecule has 2 heteroatoms. The molecule has 1 aromatic rings. The number of hydrogen-bond acceptors (Lipinski definition) is 2. The van der Waals surface area contributed by atoms with E-state index in [2.05, 4.69) is 39.8 Å². The van der Waals surface area contributed by atoms with Gasteiger partial charge >= 0.3 is 0 Å². The predicted molar refractivity (Wildman–Crippen MR) is 97.4 cm³/mol. The average molecular weight is 326 g/mol. The molecule has 2 nitrogen and oxygen atoms in total. The molecule has 3 rings (SSSR count). The highest BCUT2D eigenvalue weighted by Gasteiger charge is 2.52. The number of allylic oxidation sites excluding steroid dienone is 2. The molecule has 1 saturated carbocycles. The SMILES string of the molecule is CC1C=CCC(C)(C)C1C(=O)C[C@H]1CC(O)(c2ccccc2)[C@@H]1C. The second-order valence-electron chi connectivity index (χ2n) is 8.67. The molecule has 0 aliphatic heterocycles. The van der Waals surface area contributed by atoms with Gasteiger partial charge in [0.05, 0.1) is 5.60 Å². The molecule has 24 heavy (non-hydrogen) atoms. The van der Waals surface area contributed by atoms with Gasteiger partial charge in [0.1, 0.15) is 5.78 Å². The van der Waals surface area contributed by atoms with Crippen molar-refractivity contribution in [3.05, 3.63) is 48.0 Å². The lowest BCUT2D eigenvalue weighted by atomic mass is 9.56. The van der Waals surface area contributed by atoms with Crippen molar-refractivity contribution in [2.45, 2.75) is 52.6 Å². The molecule has 1 aromatic carbocycles. The maximum Gasteiger partial charge on any atom is 0.137 e. The van der Waals surface area contributed by atoms with Crippen LogP contribution in [-0.4, -0.2) is 10.9 Å². The Hall–Kier alpha value is -1.41. The van der Waals surface area contributed by atoms with E-state index in [4.69, 9.17) is 0 Å². The zero-order valence-electron chi connectivity index (χ0n) is 15.3. The zero-order valence-corrected chi connectivity index (χ0v) is 15.3. The van der Waals surface area contributed by atoms with Crippen LogP contribution in [0.1, 0.15) is 52.5 Å². The van der Waals surface area contributed by atoms with Gasteiger partial charge in [-0.15, -0.1) is 0 Å². The predicted octanol–water partition coefficient (Wildman–Crippen LogP) is 4.73. The van der Waals surface area contributed by atoms with Crippen molar-refractivity contribution in [1.29, 1.82) is 0 Å². The fourth-order valence-corrected chi connectivity index (χ4v) is 5.00. The lowest BCUT2D eigenvalue weighted by Gasteiger charge is -2.51. The van der Waals surface area contributed by atoms with Gasteiger partial charge in [0, 0.05) is 12.3 Å². The van der Waals surface area contributed by atoms with E-state index in [1.165, 1.54) is 0 Å². The Morgan fingerprint density at radius 1 is 1.21 bits per heavy atom. The molecule has 0 amide bonds. The first-order chi connectivity index (χ1) is 11.3. The molecule has 2 aliphatic rings. The molecule has 1 fully saturated rings. The normalized spacial score (nSPS) is 37.7. The van der Waals surface area contributed by atoms with Crippen LogP contribution >= 0.6 is 0 Å². The van der Waals surface area contributed by atoms with Crippen LogP contribution in [-0.2, 0) is 10.4 Å². The molecule has 3 unspecified atom stereocenters. The number of ketones is 1. The van der Waals surface area contributed by atoms with E-state index >= 15 is 0 Å². The third kappa shape index (κ3) is 2.86. The summed E-state index contributed by atoms with van der Waals surface area (Å²) in [7, 11) is 0. The van der Waals surface area contributed by atoms with Gasteiger partial charge in [-0.25, -0.2) is 0 Å². The van der Waals surface area contributed by atoms with E-state index in [9.17, 15) is 9.90 Å². The fraction of sp³-hybridized carbons (Fsp3) is 0.591. The highest BCUT2D eigenvalue weighted by atomic mass is 16.3. The summed E-state index contributed by atoms with van der Waals surface area (Å²) in [6.07, 6.45) is 6.68. The lowest BCUT2D eigenvalue weighted by molar-refractivity contribution is -0.152. The summed E-state index contributed by atoms with van der Waals surface area (Å²) in [4.78, 5) is 13.0. The number of benzene rings is 1. The minimum Gasteiger partial charge on any atom is -0.385 e. The second-order valence-corrected chi connectivity index (χ2v) is 8.67. The van der Waals surface area contributed by atoms with E-state index in [1.54, 1.807) is 0 Å². The molecule has 0 aromatic heterocycles. The largest absolute Gasteiger partial charge is 0.385 e. The molecule has 0 radical (unpaired) electrons. The Balaban J connectivity index is 1.68. The van der Waals surface area contributed by atoms with Crippen LogP contribution in [0.4, 0.5) is 0 Å². The van der Waals surface area contributed by atoms with Crippen LogP contribution in [0.15, 0.2) is 42.5 Å².